The Labute approximate surface area is 199 Å². The molecule has 2 aliphatic rings. The lowest BCUT2D eigenvalue weighted by Crippen LogP contribution is -2.38. The lowest BCUT2D eigenvalue weighted by atomic mass is 9.97. The van der Waals surface area contributed by atoms with Gasteiger partial charge in [0.25, 0.3) is 0 Å². The van der Waals surface area contributed by atoms with Crippen LogP contribution in [0.15, 0.2) is 28.7 Å². The third-order valence-corrected chi connectivity index (χ3v) is 7.11. The Balaban J connectivity index is 1.65. The van der Waals surface area contributed by atoms with Crippen LogP contribution < -0.4 is 4.90 Å². The van der Waals surface area contributed by atoms with E-state index in [4.69, 9.17) is 4.74 Å². The maximum absolute atomic E-state index is 13.3. The highest BCUT2D eigenvalue weighted by Crippen LogP contribution is 2.41. The zero-order valence-corrected chi connectivity index (χ0v) is 19.7. The first-order valence-corrected chi connectivity index (χ1v) is 11.2. The number of ether oxygens (including phenoxy) is 1. The molecule has 1 amide bonds. The fourth-order valence-corrected chi connectivity index (χ4v) is 4.31. The summed E-state index contributed by atoms with van der Waals surface area (Å²) in [5.41, 5.74) is -1.88. The average molecular weight is 552 g/mol. The van der Waals surface area contributed by atoms with Crippen molar-refractivity contribution >= 4 is 27.8 Å². The molecule has 2 fully saturated rings. The highest BCUT2D eigenvalue weighted by molar-refractivity contribution is 9.10. The van der Waals surface area contributed by atoms with Crippen molar-refractivity contribution in [1.29, 1.82) is 0 Å². The highest BCUT2D eigenvalue weighted by Gasteiger charge is 2.43. The van der Waals surface area contributed by atoms with Gasteiger partial charge in [-0.3, -0.25) is 4.90 Å². The van der Waals surface area contributed by atoms with Crippen molar-refractivity contribution in [2.75, 3.05) is 18.0 Å². The van der Waals surface area contributed by atoms with Gasteiger partial charge in [0.15, 0.2) is 0 Å². The largest absolute Gasteiger partial charge is 0.439 e. The number of alkyl halides is 6. The van der Waals surface area contributed by atoms with Gasteiger partial charge in [-0.15, -0.1) is 0 Å². The van der Waals surface area contributed by atoms with E-state index in [1.807, 2.05) is 13.0 Å². The number of cyclic esters (lactones) is 1. The van der Waals surface area contributed by atoms with E-state index in [-0.39, 0.29) is 18.2 Å². The summed E-state index contributed by atoms with van der Waals surface area (Å²) in [5, 5.41) is 0. The summed E-state index contributed by atoms with van der Waals surface area (Å²) in [7, 11) is 0. The molecule has 0 N–H and O–H groups in total. The highest BCUT2D eigenvalue weighted by atomic mass is 79.9. The van der Waals surface area contributed by atoms with Crippen LogP contribution in [-0.2, 0) is 23.6 Å². The molecule has 4 rings (SSSR count). The van der Waals surface area contributed by atoms with E-state index >= 15 is 0 Å². The normalized spacial score (nSPS) is 21.0. The standard InChI is InChI=1S/C22H20BrF6N3O2/c1-11-6-17(31-4-3-5-31)30-16(18(11)23)10-32-12(2)19(34-20(32)33)13-7-14(21(24,25)26)9-15(8-13)22(27,28)29/h6-9,12,19H,3-5,10H2,1-2H3/t12-,19-/m0/s1. The number of carbonyl (C=O) groups is 1. The fourth-order valence-electron chi connectivity index (χ4n) is 3.98. The molecule has 12 heteroatoms. The van der Waals surface area contributed by atoms with Crippen LogP contribution in [0, 0.1) is 6.92 Å². The molecule has 0 aliphatic carbocycles. The number of pyridine rings is 1. The van der Waals surface area contributed by atoms with E-state index in [9.17, 15) is 31.1 Å². The molecule has 2 atom stereocenters. The maximum atomic E-state index is 13.3. The van der Waals surface area contributed by atoms with Crippen molar-refractivity contribution in [3.63, 3.8) is 0 Å². The molecule has 3 heterocycles. The molecule has 0 bridgehead atoms. The maximum Gasteiger partial charge on any atom is 0.416 e. The lowest BCUT2D eigenvalue weighted by molar-refractivity contribution is -0.143. The second kappa shape index (κ2) is 8.62. The van der Waals surface area contributed by atoms with Crippen molar-refractivity contribution in [1.82, 2.24) is 9.88 Å². The Morgan fingerprint density at radius 3 is 2.15 bits per heavy atom. The molecule has 184 valence electrons. The Bertz CT molecular complexity index is 1080. The van der Waals surface area contributed by atoms with Crippen LogP contribution >= 0.6 is 15.9 Å². The predicted molar refractivity (Wildman–Crippen MR) is 114 cm³/mol. The van der Waals surface area contributed by atoms with Crippen LogP contribution in [0.25, 0.3) is 0 Å². The van der Waals surface area contributed by atoms with Gasteiger partial charge >= 0.3 is 18.4 Å². The summed E-state index contributed by atoms with van der Waals surface area (Å²) in [6.45, 7) is 5.08. The van der Waals surface area contributed by atoms with Crippen molar-refractivity contribution in [3.8, 4) is 0 Å². The minimum atomic E-state index is -4.99. The number of benzene rings is 1. The van der Waals surface area contributed by atoms with E-state index in [0.29, 0.717) is 22.3 Å². The van der Waals surface area contributed by atoms with Gasteiger partial charge in [0, 0.05) is 17.6 Å². The monoisotopic (exact) mass is 551 g/mol. The molecule has 5 nitrogen and oxygen atoms in total. The summed E-state index contributed by atoms with van der Waals surface area (Å²) in [6.07, 6.45) is -11.1. The summed E-state index contributed by atoms with van der Waals surface area (Å²) >= 11 is 3.46. The van der Waals surface area contributed by atoms with Gasteiger partial charge in [0.05, 0.1) is 29.4 Å². The fraction of sp³-hybridized carbons (Fsp3) is 0.455. The molecule has 0 spiro atoms. The Morgan fingerprint density at radius 2 is 1.65 bits per heavy atom. The van der Waals surface area contributed by atoms with Crippen molar-refractivity contribution in [3.05, 3.63) is 56.7 Å². The molecule has 1 aromatic carbocycles. The SMILES string of the molecule is Cc1cc(N2CCC2)nc(CN2C(=O)O[C@H](c3cc(C(F)(F)F)cc(C(F)(F)F)c3)[C@@H]2C)c1Br. The smallest absolute Gasteiger partial charge is 0.416 e. The lowest BCUT2D eigenvalue weighted by Gasteiger charge is -2.33. The van der Waals surface area contributed by atoms with E-state index in [2.05, 4.69) is 25.8 Å². The van der Waals surface area contributed by atoms with Crippen LogP contribution in [0.2, 0.25) is 0 Å². The Kier molecular flexibility index (Phi) is 6.24. The van der Waals surface area contributed by atoms with E-state index < -0.39 is 41.7 Å². The number of halogens is 7. The van der Waals surface area contributed by atoms with Crippen LogP contribution in [-0.4, -0.2) is 35.1 Å². The number of amides is 1. The Morgan fingerprint density at radius 1 is 1.06 bits per heavy atom. The van der Waals surface area contributed by atoms with Crippen LogP contribution in [0.5, 0.6) is 0 Å². The average Bonchev–Trinajstić information content (AvgIpc) is 2.97. The zero-order chi connectivity index (χ0) is 25.0. The molecule has 2 aromatic rings. The van der Waals surface area contributed by atoms with Gasteiger partial charge in [-0.05, 0) is 71.6 Å². The van der Waals surface area contributed by atoms with Gasteiger partial charge in [0.1, 0.15) is 11.9 Å². The van der Waals surface area contributed by atoms with Crippen LogP contribution in [0.4, 0.5) is 37.0 Å². The number of rotatable bonds is 4. The van der Waals surface area contributed by atoms with E-state index in [0.717, 1.165) is 30.9 Å². The third kappa shape index (κ3) is 4.69. The number of hydrogen-bond acceptors (Lipinski definition) is 4. The first kappa shape index (κ1) is 24.6. The van der Waals surface area contributed by atoms with Crippen LogP contribution in [0.3, 0.4) is 0 Å². The summed E-state index contributed by atoms with van der Waals surface area (Å²) in [5.74, 6) is 0.742. The number of anilines is 1. The summed E-state index contributed by atoms with van der Waals surface area (Å²) < 4.78 is 85.6. The van der Waals surface area contributed by atoms with Crippen molar-refractivity contribution in [2.24, 2.45) is 0 Å². The second-order valence-electron chi connectivity index (χ2n) is 8.41. The molecule has 0 unspecified atom stereocenters. The number of nitrogens with zero attached hydrogens (tertiary/aromatic N) is 3. The van der Waals surface area contributed by atoms with Crippen LogP contribution in [0.1, 0.15) is 47.4 Å². The molecular formula is C22H20BrF6N3O2. The number of carbonyl (C=O) groups excluding carboxylic acids is 1. The molecule has 34 heavy (non-hydrogen) atoms. The molecule has 0 saturated carbocycles. The topological polar surface area (TPSA) is 45.7 Å². The minimum Gasteiger partial charge on any atom is -0.439 e. The summed E-state index contributed by atoms with van der Waals surface area (Å²) in [4.78, 5) is 20.6. The van der Waals surface area contributed by atoms with Crippen molar-refractivity contribution in [2.45, 2.75) is 51.3 Å². The minimum absolute atomic E-state index is 0.0231. The van der Waals surface area contributed by atoms with E-state index in [1.165, 1.54) is 11.8 Å². The first-order chi connectivity index (χ1) is 15.8. The zero-order valence-electron chi connectivity index (χ0n) is 18.1. The van der Waals surface area contributed by atoms with Gasteiger partial charge in [-0.25, -0.2) is 9.78 Å². The van der Waals surface area contributed by atoms with Gasteiger partial charge in [-0.2, -0.15) is 26.3 Å². The number of aryl methyl sites for hydroxylation is 1. The third-order valence-electron chi connectivity index (χ3n) is 6.03. The predicted octanol–water partition coefficient (Wildman–Crippen LogP) is 6.48. The molecular weight excluding hydrogens is 532 g/mol. The number of hydrogen-bond donors (Lipinski definition) is 0. The molecule has 2 saturated heterocycles. The molecule has 1 aromatic heterocycles. The van der Waals surface area contributed by atoms with Crippen molar-refractivity contribution < 1.29 is 35.9 Å². The number of aromatic nitrogens is 1. The Hall–Kier alpha value is -2.50. The first-order valence-electron chi connectivity index (χ1n) is 10.4. The van der Waals surface area contributed by atoms with Gasteiger partial charge in [0.2, 0.25) is 0 Å². The van der Waals surface area contributed by atoms with E-state index in [1.54, 1.807) is 0 Å². The quantitative estimate of drug-likeness (QED) is 0.408. The van der Waals surface area contributed by atoms with Gasteiger partial charge < -0.3 is 9.64 Å². The molecule has 0 radical (unpaired) electrons. The second-order valence-corrected chi connectivity index (χ2v) is 9.20. The molecule has 2 aliphatic heterocycles. The van der Waals surface area contributed by atoms with Gasteiger partial charge in [-0.1, -0.05) is 0 Å². The summed E-state index contributed by atoms with van der Waals surface area (Å²) in [6, 6.07) is 2.31.